The first-order valence-corrected chi connectivity index (χ1v) is 12.0. The van der Waals surface area contributed by atoms with Gasteiger partial charge in [0.05, 0.1) is 0 Å². The summed E-state index contributed by atoms with van der Waals surface area (Å²) in [5.74, 6) is 7.63. The Morgan fingerprint density at radius 3 is 2.35 bits per heavy atom. The van der Waals surface area contributed by atoms with Crippen molar-refractivity contribution in [2.45, 2.75) is 92.4 Å². The maximum absolute atomic E-state index is 4.38. The first kappa shape index (κ1) is 19.1. The molecule has 7 unspecified atom stereocenters. The molecule has 0 amide bonds. The van der Waals surface area contributed by atoms with E-state index in [2.05, 4.69) is 47.3 Å². The van der Waals surface area contributed by atoms with Gasteiger partial charge in [-0.2, -0.15) is 0 Å². The van der Waals surface area contributed by atoms with Crippen molar-refractivity contribution in [2.75, 3.05) is 0 Å². The third-order valence-electron chi connectivity index (χ3n) is 10.3. The van der Waals surface area contributed by atoms with Gasteiger partial charge in [0.1, 0.15) is 0 Å². The molecule has 0 spiro atoms. The molecule has 0 aromatic carbocycles. The van der Waals surface area contributed by atoms with E-state index in [0.717, 1.165) is 47.3 Å². The molecule has 0 radical (unpaired) electrons. The fraction of sp³-hybridized carbons (Fsp3) is 0.923. The molecule has 0 heterocycles. The zero-order chi connectivity index (χ0) is 18.7. The van der Waals surface area contributed by atoms with Crippen molar-refractivity contribution in [3.8, 4) is 0 Å². The quantitative estimate of drug-likeness (QED) is 0.444. The van der Waals surface area contributed by atoms with E-state index in [0.29, 0.717) is 10.8 Å². The molecule has 4 rings (SSSR count). The van der Waals surface area contributed by atoms with Gasteiger partial charge in [0.2, 0.25) is 0 Å². The molecule has 9 atom stereocenters. The third kappa shape index (κ3) is 2.68. The van der Waals surface area contributed by atoms with Crippen molar-refractivity contribution < 1.29 is 0 Å². The smallest absolute Gasteiger partial charge is 0.00873 e. The number of hydrogen-bond acceptors (Lipinski definition) is 0. The second-order valence-corrected chi connectivity index (χ2v) is 11.8. The van der Waals surface area contributed by atoms with E-state index < -0.39 is 0 Å². The summed E-state index contributed by atoms with van der Waals surface area (Å²) in [6, 6.07) is 0. The number of fused-ring (bicyclic) bond motifs is 5. The zero-order valence-corrected chi connectivity index (χ0v) is 18.3. The highest BCUT2D eigenvalue weighted by molar-refractivity contribution is 5.12. The van der Waals surface area contributed by atoms with E-state index in [4.69, 9.17) is 0 Å². The molecule has 26 heavy (non-hydrogen) atoms. The predicted molar refractivity (Wildman–Crippen MR) is 113 cm³/mol. The number of rotatable bonds is 2. The third-order valence-corrected chi connectivity index (χ3v) is 10.3. The molecule has 0 aliphatic heterocycles. The molecule has 0 bridgehead atoms. The Labute approximate surface area is 163 Å². The molecule has 0 saturated heterocycles. The van der Waals surface area contributed by atoms with Gasteiger partial charge in [0, 0.05) is 0 Å². The lowest BCUT2D eigenvalue weighted by atomic mass is 9.40. The van der Waals surface area contributed by atoms with E-state index in [-0.39, 0.29) is 0 Å². The summed E-state index contributed by atoms with van der Waals surface area (Å²) in [6.45, 7) is 17.2. The van der Waals surface area contributed by atoms with E-state index in [1.807, 2.05) is 0 Å². The van der Waals surface area contributed by atoms with Gasteiger partial charge in [0.15, 0.2) is 0 Å². The lowest BCUT2D eigenvalue weighted by molar-refractivity contribution is -0.150. The first-order valence-electron chi connectivity index (χ1n) is 12.0. The first-order chi connectivity index (χ1) is 12.3. The fourth-order valence-corrected chi connectivity index (χ4v) is 9.41. The largest absolute Gasteiger partial charge is 0.103 e. The Kier molecular flexibility index (Phi) is 4.89. The van der Waals surface area contributed by atoms with E-state index in [1.165, 1.54) is 57.8 Å². The highest BCUT2D eigenvalue weighted by Gasteiger charge is 2.59. The van der Waals surface area contributed by atoms with Crippen LogP contribution in [0.15, 0.2) is 12.7 Å². The fourth-order valence-electron chi connectivity index (χ4n) is 9.41. The average Bonchev–Trinajstić information content (AvgIpc) is 2.60. The summed E-state index contributed by atoms with van der Waals surface area (Å²) in [6.07, 6.45) is 15.7. The lowest BCUT2D eigenvalue weighted by Gasteiger charge is -2.65. The van der Waals surface area contributed by atoms with Crippen LogP contribution in [-0.2, 0) is 0 Å². The highest BCUT2D eigenvalue weighted by Crippen LogP contribution is 2.67. The van der Waals surface area contributed by atoms with Crippen LogP contribution in [0.25, 0.3) is 0 Å². The van der Waals surface area contributed by atoms with Crippen LogP contribution in [0.5, 0.6) is 0 Å². The molecule has 4 aliphatic carbocycles. The van der Waals surface area contributed by atoms with Crippen LogP contribution in [-0.4, -0.2) is 0 Å². The minimum atomic E-state index is 0.488. The van der Waals surface area contributed by atoms with Gasteiger partial charge in [-0.3, -0.25) is 0 Å². The highest BCUT2D eigenvalue weighted by atomic mass is 14.6. The van der Waals surface area contributed by atoms with Crippen LogP contribution >= 0.6 is 0 Å². The maximum atomic E-state index is 4.38. The molecule has 4 saturated carbocycles. The van der Waals surface area contributed by atoms with Crippen molar-refractivity contribution in [3.05, 3.63) is 12.7 Å². The Morgan fingerprint density at radius 2 is 1.65 bits per heavy atom. The van der Waals surface area contributed by atoms with Crippen LogP contribution in [0.1, 0.15) is 92.4 Å². The van der Waals surface area contributed by atoms with Gasteiger partial charge in [-0.25, -0.2) is 0 Å². The number of hydrogen-bond donors (Lipinski definition) is 0. The molecule has 4 aliphatic rings. The van der Waals surface area contributed by atoms with Gasteiger partial charge in [-0.15, -0.1) is 6.58 Å². The lowest BCUT2D eigenvalue weighted by Crippen LogP contribution is -2.57. The van der Waals surface area contributed by atoms with Crippen LogP contribution in [0.2, 0.25) is 0 Å². The van der Waals surface area contributed by atoms with Crippen molar-refractivity contribution in [2.24, 2.45) is 58.2 Å². The Morgan fingerprint density at radius 1 is 0.923 bits per heavy atom. The molecule has 4 fully saturated rings. The van der Waals surface area contributed by atoms with Gasteiger partial charge in [-0.05, 0) is 103 Å². The van der Waals surface area contributed by atoms with Crippen LogP contribution in [0, 0.1) is 58.2 Å². The number of allylic oxidation sites excluding steroid dienone is 1. The Bertz CT molecular complexity index is 532. The molecule has 0 heteroatoms. The van der Waals surface area contributed by atoms with Crippen LogP contribution in [0.4, 0.5) is 0 Å². The van der Waals surface area contributed by atoms with Crippen LogP contribution < -0.4 is 0 Å². The van der Waals surface area contributed by atoms with Gasteiger partial charge >= 0.3 is 0 Å². The minimum Gasteiger partial charge on any atom is -0.103 e. The summed E-state index contributed by atoms with van der Waals surface area (Å²) in [5, 5.41) is 0. The van der Waals surface area contributed by atoms with Crippen molar-refractivity contribution >= 4 is 0 Å². The second kappa shape index (κ2) is 6.66. The van der Waals surface area contributed by atoms with E-state index >= 15 is 0 Å². The molecule has 0 N–H and O–H groups in total. The SMILES string of the molecule is C=CC12CCC3C(CCC4(C)C3C(C)CC[C@@H]4C(C)C)C1CC[C@H](C)C2. The van der Waals surface area contributed by atoms with Crippen molar-refractivity contribution in [1.82, 2.24) is 0 Å². The summed E-state index contributed by atoms with van der Waals surface area (Å²) >= 11 is 0. The van der Waals surface area contributed by atoms with Crippen molar-refractivity contribution in [1.29, 1.82) is 0 Å². The molecule has 0 nitrogen and oxygen atoms in total. The molecule has 0 aromatic heterocycles. The van der Waals surface area contributed by atoms with E-state index in [1.54, 1.807) is 0 Å². The summed E-state index contributed by atoms with van der Waals surface area (Å²) in [7, 11) is 0. The predicted octanol–water partition coefficient (Wildman–Crippen LogP) is 7.74. The molecule has 0 aromatic rings. The standard InChI is InChI=1S/C26H44/c1-7-26-15-13-21-20(23(26)10-8-18(4)16-26)12-14-25(6)22(17(2)3)11-9-19(5)24(21)25/h7,17-24H,1,8-16H2,2-6H3/t18-,19?,20?,21?,22+,23?,24?,25?,26?/m0/s1. The maximum Gasteiger partial charge on any atom is -0.00873 e. The molecule has 148 valence electrons. The summed E-state index contributed by atoms with van der Waals surface area (Å²) in [4.78, 5) is 0. The summed E-state index contributed by atoms with van der Waals surface area (Å²) in [5.41, 5.74) is 1.10. The normalized spacial score (nSPS) is 54.2. The monoisotopic (exact) mass is 356 g/mol. The molecular formula is C26H44. The van der Waals surface area contributed by atoms with Gasteiger partial charge < -0.3 is 0 Å². The van der Waals surface area contributed by atoms with E-state index in [9.17, 15) is 0 Å². The van der Waals surface area contributed by atoms with Gasteiger partial charge in [0.25, 0.3) is 0 Å². The summed E-state index contributed by atoms with van der Waals surface area (Å²) < 4.78 is 0. The van der Waals surface area contributed by atoms with Crippen LogP contribution in [0.3, 0.4) is 0 Å². The minimum absolute atomic E-state index is 0.488. The Balaban J connectivity index is 1.66. The average molecular weight is 357 g/mol. The van der Waals surface area contributed by atoms with Gasteiger partial charge in [-0.1, -0.05) is 53.5 Å². The zero-order valence-electron chi connectivity index (χ0n) is 18.3. The van der Waals surface area contributed by atoms with Crippen molar-refractivity contribution in [3.63, 3.8) is 0 Å². The Hall–Kier alpha value is -0.260. The second-order valence-electron chi connectivity index (χ2n) is 11.8. The topological polar surface area (TPSA) is 0 Å². The molecular weight excluding hydrogens is 312 g/mol.